The van der Waals surface area contributed by atoms with E-state index < -0.39 is 0 Å². The summed E-state index contributed by atoms with van der Waals surface area (Å²) in [6.45, 7) is 10.7. The number of hydrogen-bond acceptors (Lipinski definition) is 3. The minimum atomic E-state index is -0.110. The summed E-state index contributed by atoms with van der Waals surface area (Å²) >= 11 is 0. The van der Waals surface area contributed by atoms with Gasteiger partial charge in [0.2, 0.25) is 0 Å². The molecule has 3 rings (SSSR count). The van der Waals surface area contributed by atoms with Gasteiger partial charge in [-0.15, -0.1) is 0 Å². The van der Waals surface area contributed by atoms with Gasteiger partial charge < -0.3 is 4.90 Å². The molecule has 1 saturated heterocycles. The van der Waals surface area contributed by atoms with Crippen LogP contribution in [0.2, 0.25) is 0 Å². The Kier molecular flexibility index (Phi) is 6.58. The third-order valence-electron chi connectivity index (χ3n) is 6.00. The Hall–Kier alpha value is -2.10. The summed E-state index contributed by atoms with van der Waals surface area (Å²) in [5.74, 6) is 0.343. The van der Waals surface area contributed by atoms with E-state index in [1.165, 1.54) is 16.9 Å². The lowest BCUT2D eigenvalue weighted by Gasteiger charge is -2.33. The van der Waals surface area contributed by atoms with Crippen LogP contribution in [0.1, 0.15) is 69.1 Å². The maximum absolute atomic E-state index is 13.4. The van der Waals surface area contributed by atoms with Crippen molar-refractivity contribution < 1.29 is 9.59 Å². The summed E-state index contributed by atoms with van der Waals surface area (Å²) in [6, 6.07) is 6.15. The second kappa shape index (κ2) is 8.93. The van der Waals surface area contributed by atoms with E-state index >= 15 is 0 Å². The highest BCUT2D eigenvalue weighted by Gasteiger charge is 2.42. The topological polar surface area (TPSA) is 40.6 Å². The number of aryl methyl sites for hydroxylation is 2. The first-order chi connectivity index (χ1) is 13.4. The fraction of sp³-hybridized carbons (Fsp3) is 0.583. The first kappa shape index (κ1) is 20.6. The van der Waals surface area contributed by atoms with Gasteiger partial charge in [0.15, 0.2) is 0 Å². The van der Waals surface area contributed by atoms with Gasteiger partial charge in [-0.2, -0.15) is 0 Å². The Labute approximate surface area is 169 Å². The zero-order chi connectivity index (χ0) is 20.3. The summed E-state index contributed by atoms with van der Waals surface area (Å²) in [6.07, 6.45) is 6.49. The van der Waals surface area contributed by atoms with Crippen LogP contribution in [-0.2, 0) is 9.59 Å². The zero-order valence-electron chi connectivity index (χ0n) is 17.9. The molecule has 0 bridgehead atoms. The number of likely N-dealkylation sites (tertiary alicyclic amines) is 1. The predicted molar refractivity (Wildman–Crippen MR) is 114 cm³/mol. The quantitative estimate of drug-likeness (QED) is 0.507. The average molecular weight is 383 g/mol. The van der Waals surface area contributed by atoms with Crippen LogP contribution < -0.4 is 0 Å². The molecule has 2 amide bonds. The Morgan fingerprint density at radius 3 is 2.54 bits per heavy atom. The normalized spacial score (nSPS) is 20.5. The summed E-state index contributed by atoms with van der Waals surface area (Å²) in [5.41, 5.74) is 4.40. The maximum atomic E-state index is 13.4. The number of unbranched alkanes of at least 4 members (excludes halogenated alkanes) is 3. The first-order valence-corrected chi connectivity index (χ1v) is 10.9. The molecule has 0 aliphatic carbocycles. The van der Waals surface area contributed by atoms with Crippen LogP contribution in [0.4, 0.5) is 0 Å². The van der Waals surface area contributed by atoms with E-state index in [2.05, 4.69) is 31.7 Å². The van der Waals surface area contributed by atoms with Crippen molar-refractivity contribution in [3.05, 3.63) is 40.6 Å². The molecule has 1 aromatic rings. The highest BCUT2D eigenvalue weighted by Crippen LogP contribution is 2.35. The number of hydrogen-bond donors (Lipinski definition) is 0. The molecule has 0 radical (unpaired) electrons. The van der Waals surface area contributed by atoms with Crippen molar-refractivity contribution in [3.8, 4) is 0 Å². The molecule has 1 aromatic carbocycles. The minimum absolute atomic E-state index is 0.0921. The van der Waals surface area contributed by atoms with Gasteiger partial charge >= 0.3 is 0 Å². The summed E-state index contributed by atoms with van der Waals surface area (Å²) in [5, 5.41) is 0. The van der Waals surface area contributed by atoms with Crippen molar-refractivity contribution >= 4 is 17.4 Å². The third-order valence-corrected chi connectivity index (χ3v) is 6.00. The molecular weight excluding hydrogens is 348 g/mol. The summed E-state index contributed by atoms with van der Waals surface area (Å²) in [4.78, 5) is 30.4. The molecule has 0 spiro atoms. The van der Waals surface area contributed by atoms with Gasteiger partial charge in [0.1, 0.15) is 5.70 Å². The van der Waals surface area contributed by atoms with Gasteiger partial charge in [-0.25, -0.2) is 0 Å². The molecule has 4 nitrogen and oxygen atoms in total. The smallest absolute Gasteiger partial charge is 0.277 e. The number of carbonyl (C=O) groups excluding carboxylic acids is 2. The number of amides is 2. The largest absolute Gasteiger partial charge is 0.366 e. The van der Waals surface area contributed by atoms with Crippen LogP contribution in [0.25, 0.3) is 5.57 Å². The standard InChI is InChI=1S/C24H34N2O2/c1-5-6-7-8-14-26-23(27)21(20-12-11-17(2)15-19(20)4)22(24(26)28)25-13-9-10-18(3)16-25/h11-12,15,18H,5-10,13-14,16H2,1-4H3. The van der Waals surface area contributed by atoms with Crippen molar-refractivity contribution in [1.29, 1.82) is 0 Å². The number of carbonyl (C=O) groups is 2. The van der Waals surface area contributed by atoms with Crippen LogP contribution >= 0.6 is 0 Å². The van der Waals surface area contributed by atoms with Gasteiger partial charge in [0, 0.05) is 19.6 Å². The number of imide groups is 1. The van der Waals surface area contributed by atoms with Crippen molar-refractivity contribution in [1.82, 2.24) is 9.80 Å². The number of piperidine rings is 1. The lowest BCUT2D eigenvalue weighted by Crippen LogP contribution is -2.39. The molecule has 1 atom stereocenters. The van der Waals surface area contributed by atoms with E-state index in [0.717, 1.165) is 56.3 Å². The fourth-order valence-electron chi connectivity index (χ4n) is 4.49. The highest BCUT2D eigenvalue weighted by molar-refractivity contribution is 6.35. The van der Waals surface area contributed by atoms with Crippen molar-refractivity contribution in [2.24, 2.45) is 5.92 Å². The Morgan fingerprint density at radius 2 is 1.86 bits per heavy atom. The lowest BCUT2D eigenvalue weighted by molar-refractivity contribution is -0.137. The van der Waals surface area contributed by atoms with Crippen molar-refractivity contribution in [3.63, 3.8) is 0 Å². The van der Waals surface area contributed by atoms with Crippen molar-refractivity contribution in [2.45, 2.75) is 66.2 Å². The van der Waals surface area contributed by atoms with Crippen LogP contribution in [-0.4, -0.2) is 41.2 Å². The number of benzene rings is 1. The van der Waals surface area contributed by atoms with E-state index in [1.807, 2.05) is 19.1 Å². The van der Waals surface area contributed by atoms with Crippen LogP contribution in [0.5, 0.6) is 0 Å². The highest BCUT2D eigenvalue weighted by atomic mass is 16.2. The fourth-order valence-corrected chi connectivity index (χ4v) is 4.49. The minimum Gasteiger partial charge on any atom is -0.366 e. The molecule has 2 aliphatic rings. The molecule has 1 fully saturated rings. The van der Waals surface area contributed by atoms with Crippen molar-refractivity contribution in [2.75, 3.05) is 19.6 Å². The van der Waals surface area contributed by atoms with Crippen LogP contribution in [0.3, 0.4) is 0 Å². The Morgan fingerprint density at radius 1 is 1.07 bits per heavy atom. The molecule has 2 heterocycles. The monoisotopic (exact) mass is 382 g/mol. The van der Waals surface area contributed by atoms with E-state index in [9.17, 15) is 9.59 Å². The molecule has 2 aliphatic heterocycles. The number of rotatable bonds is 7. The van der Waals surface area contributed by atoms with E-state index in [0.29, 0.717) is 23.7 Å². The van der Waals surface area contributed by atoms with Gasteiger partial charge in [-0.1, -0.05) is 56.9 Å². The third kappa shape index (κ3) is 4.16. The van der Waals surface area contributed by atoms with Gasteiger partial charge in [-0.05, 0) is 50.2 Å². The Balaban J connectivity index is 1.97. The van der Waals surface area contributed by atoms with Gasteiger partial charge in [0.25, 0.3) is 11.8 Å². The molecule has 0 aromatic heterocycles. The van der Waals surface area contributed by atoms with Crippen LogP contribution in [0, 0.1) is 19.8 Å². The molecule has 1 unspecified atom stereocenters. The summed E-state index contributed by atoms with van der Waals surface area (Å²) in [7, 11) is 0. The van der Waals surface area contributed by atoms with Crippen LogP contribution in [0.15, 0.2) is 23.9 Å². The summed E-state index contributed by atoms with van der Waals surface area (Å²) < 4.78 is 0. The average Bonchev–Trinajstić information content (AvgIpc) is 2.89. The van der Waals surface area contributed by atoms with Gasteiger partial charge in [0.05, 0.1) is 5.57 Å². The second-order valence-electron chi connectivity index (χ2n) is 8.56. The SMILES string of the molecule is CCCCCCN1C(=O)C(c2ccc(C)cc2C)=C(N2CCCC(C)C2)C1=O. The zero-order valence-corrected chi connectivity index (χ0v) is 17.9. The molecule has 0 saturated carbocycles. The van der Waals surface area contributed by atoms with E-state index in [-0.39, 0.29) is 11.8 Å². The lowest BCUT2D eigenvalue weighted by atomic mass is 9.95. The second-order valence-corrected chi connectivity index (χ2v) is 8.56. The van der Waals surface area contributed by atoms with E-state index in [4.69, 9.17) is 0 Å². The molecule has 0 N–H and O–H groups in total. The molecule has 152 valence electrons. The first-order valence-electron chi connectivity index (χ1n) is 10.9. The number of nitrogens with zero attached hydrogens (tertiary/aromatic N) is 2. The maximum Gasteiger partial charge on any atom is 0.277 e. The molecular formula is C24H34N2O2. The molecule has 28 heavy (non-hydrogen) atoms. The van der Waals surface area contributed by atoms with E-state index in [1.54, 1.807) is 0 Å². The predicted octanol–water partition coefficient (Wildman–Crippen LogP) is 4.70. The van der Waals surface area contributed by atoms with Gasteiger partial charge in [-0.3, -0.25) is 14.5 Å². The Bertz CT molecular complexity index is 781. The molecule has 4 heteroatoms.